The van der Waals surface area contributed by atoms with Gasteiger partial charge in [0.2, 0.25) is 5.91 Å². The highest BCUT2D eigenvalue weighted by Crippen LogP contribution is 2.38. The number of urea groups is 1. The summed E-state index contributed by atoms with van der Waals surface area (Å²) in [4.78, 5) is 39.5. The number of hydrogen-bond acceptors (Lipinski definition) is 5. The van der Waals surface area contributed by atoms with Crippen molar-refractivity contribution in [2.75, 3.05) is 26.1 Å². The molecule has 1 aliphatic heterocycles. The highest BCUT2D eigenvalue weighted by atomic mass is 16.5. The number of nitrogens with one attached hydrogen (secondary N) is 2. The second kappa shape index (κ2) is 9.13. The van der Waals surface area contributed by atoms with E-state index in [0.29, 0.717) is 17.9 Å². The number of rotatable bonds is 6. The summed E-state index contributed by atoms with van der Waals surface area (Å²) in [5.74, 6) is 0.694. The van der Waals surface area contributed by atoms with E-state index >= 15 is 0 Å². The van der Waals surface area contributed by atoms with E-state index in [1.54, 1.807) is 32.4 Å². The van der Waals surface area contributed by atoms with Crippen LogP contribution < -0.4 is 20.1 Å². The van der Waals surface area contributed by atoms with Crippen LogP contribution in [0.5, 0.6) is 11.5 Å². The van der Waals surface area contributed by atoms with Gasteiger partial charge in [-0.15, -0.1) is 0 Å². The van der Waals surface area contributed by atoms with Gasteiger partial charge in [0.15, 0.2) is 0 Å². The van der Waals surface area contributed by atoms with Gasteiger partial charge in [0.1, 0.15) is 23.6 Å². The molecule has 8 heteroatoms. The smallest absolute Gasteiger partial charge is 0.325 e. The van der Waals surface area contributed by atoms with Crippen molar-refractivity contribution >= 4 is 23.5 Å². The Bertz CT molecular complexity index is 1070. The molecule has 0 aromatic heterocycles. The van der Waals surface area contributed by atoms with Crippen LogP contribution in [0.1, 0.15) is 32.6 Å². The first kappa shape index (κ1) is 22.6. The van der Waals surface area contributed by atoms with Crippen LogP contribution in [0.25, 0.3) is 11.1 Å². The van der Waals surface area contributed by atoms with Gasteiger partial charge in [-0.3, -0.25) is 14.5 Å². The van der Waals surface area contributed by atoms with Crippen molar-refractivity contribution in [3.63, 3.8) is 0 Å². The Hall–Kier alpha value is -3.55. The van der Waals surface area contributed by atoms with E-state index in [2.05, 4.69) is 10.6 Å². The summed E-state index contributed by atoms with van der Waals surface area (Å²) in [6.45, 7) is 1.65. The van der Waals surface area contributed by atoms with Gasteiger partial charge in [0.25, 0.3) is 5.91 Å². The summed E-state index contributed by atoms with van der Waals surface area (Å²) in [7, 11) is 3.19. The number of amides is 4. The molecule has 8 nitrogen and oxygen atoms in total. The number of imide groups is 1. The van der Waals surface area contributed by atoms with Gasteiger partial charge in [-0.25, -0.2) is 4.79 Å². The molecule has 2 fully saturated rings. The Morgan fingerprint density at radius 1 is 1.12 bits per heavy atom. The highest BCUT2D eigenvalue weighted by Gasteiger charge is 2.55. The van der Waals surface area contributed by atoms with Crippen molar-refractivity contribution < 1.29 is 23.9 Å². The second-order valence-electron chi connectivity index (χ2n) is 8.63. The van der Waals surface area contributed by atoms with E-state index < -0.39 is 17.5 Å². The molecule has 1 aliphatic carbocycles. The minimum Gasteiger partial charge on any atom is -0.497 e. The lowest BCUT2D eigenvalue weighted by molar-refractivity contribution is -0.136. The predicted molar refractivity (Wildman–Crippen MR) is 124 cm³/mol. The molecule has 174 valence electrons. The maximum atomic E-state index is 13.1. The number of benzene rings is 2. The zero-order valence-electron chi connectivity index (χ0n) is 19.1. The molecule has 2 aromatic rings. The van der Waals surface area contributed by atoms with Gasteiger partial charge >= 0.3 is 6.03 Å². The van der Waals surface area contributed by atoms with E-state index in [4.69, 9.17) is 9.47 Å². The molecule has 4 rings (SSSR count). The molecular weight excluding hydrogens is 422 g/mol. The van der Waals surface area contributed by atoms with Gasteiger partial charge in [-0.05, 0) is 54.7 Å². The van der Waals surface area contributed by atoms with Crippen molar-refractivity contribution in [1.29, 1.82) is 0 Å². The summed E-state index contributed by atoms with van der Waals surface area (Å²) in [6.07, 6.45) is 3.42. The Kier molecular flexibility index (Phi) is 6.26. The molecule has 0 radical (unpaired) electrons. The third kappa shape index (κ3) is 4.25. The van der Waals surface area contributed by atoms with Crippen molar-refractivity contribution in [2.45, 2.75) is 38.1 Å². The molecule has 1 saturated carbocycles. The second-order valence-corrected chi connectivity index (χ2v) is 8.63. The standard InChI is InChI=1S/C25H29N3O5/c1-16-6-4-5-13-25(16)23(30)28(24(31)27-25)15-22(29)26-18-9-12-21(33-3)20(14-18)17-7-10-19(32-2)11-8-17/h7-12,14,16H,4-6,13,15H2,1-3H3,(H,26,29)(H,27,31)/t16-,25+/m1/s1. The summed E-state index contributed by atoms with van der Waals surface area (Å²) in [5, 5.41) is 5.68. The van der Waals surface area contributed by atoms with Crippen molar-refractivity contribution in [3.05, 3.63) is 42.5 Å². The molecule has 0 bridgehead atoms. The van der Waals surface area contributed by atoms with E-state index in [0.717, 1.165) is 41.0 Å². The predicted octanol–water partition coefficient (Wildman–Crippen LogP) is 3.81. The van der Waals surface area contributed by atoms with Gasteiger partial charge in [0.05, 0.1) is 14.2 Å². The lowest BCUT2D eigenvalue weighted by Gasteiger charge is -2.36. The quantitative estimate of drug-likeness (QED) is 0.651. The zero-order chi connectivity index (χ0) is 23.6. The van der Waals surface area contributed by atoms with Gasteiger partial charge in [0, 0.05) is 11.3 Å². The minimum absolute atomic E-state index is 0.0457. The first-order valence-corrected chi connectivity index (χ1v) is 11.1. The molecule has 33 heavy (non-hydrogen) atoms. The van der Waals surface area contributed by atoms with Gasteiger partial charge in [-0.2, -0.15) is 0 Å². The summed E-state index contributed by atoms with van der Waals surface area (Å²) in [6, 6.07) is 12.3. The zero-order valence-corrected chi connectivity index (χ0v) is 19.1. The topological polar surface area (TPSA) is 97.0 Å². The number of ether oxygens (including phenoxy) is 2. The molecule has 2 aromatic carbocycles. The van der Waals surface area contributed by atoms with Crippen molar-refractivity contribution in [2.24, 2.45) is 5.92 Å². The molecule has 0 unspecified atom stereocenters. The highest BCUT2D eigenvalue weighted by molar-refractivity contribution is 6.10. The van der Waals surface area contributed by atoms with Crippen LogP contribution >= 0.6 is 0 Å². The Morgan fingerprint density at radius 3 is 2.55 bits per heavy atom. The fourth-order valence-corrected chi connectivity index (χ4v) is 4.77. The van der Waals surface area contributed by atoms with E-state index in [1.807, 2.05) is 31.2 Å². The van der Waals surface area contributed by atoms with E-state index in [9.17, 15) is 14.4 Å². The average Bonchev–Trinajstić information content (AvgIpc) is 3.05. The largest absolute Gasteiger partial charge is 0.497 e. The normalized spacial score (nSPS) is 22.3. The molecule has 2 aliphatic rings. The number of methoxy groups -OCH3 is 2. The summed E-state index contributed by atoms with van der Waals surface area (Å²) < 4.78 is 10.7. The minimum atomic E-state index is -0.878. The maximum absolute atomic E-state index is 13.1. The van der Waals surface area contributed by atoms with Crippen LogP contribution in [0, 0.1) is 5.92 Å². The van der Waals surface area contributed by atoms with Gasteiger partial charge < -0.3 is 20.1 Å². The fourth-order valence-electron chi connectivity index (χ4n) is 4.77. The van der Waals surface area contributed by atoms with Gasteiger partial charge in [-0.1, -0.05) is 31.9 Å². The lowest BCUT2D eigenvalue weighted by Crippen LogP contribution is -2.54. The number of nitrogens with zero attached hydrogens (tertiary/aromatic N) is 1. The number of carbonyl (C=O) groups excluding carboxylic acids is 3. The number of carbonyl (C=O) groups is 3. The Labute approximate surface area is 193 Å². The summed E-state index contributed by atoms with van der Waals surface area (Å²) in [5.41, 5.74) is 1.35. The van der Waals surface area contributed by atoms with Crippen LogP contribution in [-0.2, 0) is 9.59 Å². The Balaban J connectivity index is 1.49. The third-order valence-corrected chi connectivity index (χ3v) is 6.69. The molecule has 1 saturated heterocycles. The van der Waals surface area contributed by atoms with E-state index in [-0.39, 0.29) is 18.4 Å². The molecule has 1 spiro atoms. The third-order valence-electron chi connectivity index (χ3n) is 6.69. The SMILES string of the molecule is COc1ccc(-c2cc(NC(=O)CN3C(=O)N[C@]4(CCCC[C@H]4C)C3=O)ccc2OC)cc1. The molecule has 4 amide bonds. The summed E-state index contributed by atoms with van der Waals surface area (Å²) >= 11 is 0. The Morgan fingerprint density at radius 2 is 1.88 bits per heavy atom. The molecular formula is C25H29N3O5. The average molecular weight is 452 g/mol. The fraction of sp³-hybridized carbons (Fsp3) is 0.400. The molecule has 2 atom stereocenters. The van der Waals surface area contributed by atoms with Crippen molar-refractivity contribution in [3.8, 4) is 22.6 Å². The number of anilines is 1. The monoisotopic (exact) mass is 451 g/mol. The maximum Gasteiger partial charge on any atom is 0.325 e. The van der Waals surface area contributed by atoms with Crippen LogP contribution in [0.15, 0.2) is 42.5 Å². The van der Waals surface area contributed by atoms with E-state index in [1.165, 1.54) is 0 Å². The first-order valence-electron chi connectivity index (χ1n) is 11.1. The van der Waals surface area contributed by atoms with Crippen LogP contribution in [-0.4, -0.2) is 49.0 Å². The van der Waals surface area contributed by atoms with Crippen LogP contribution in [0.4, 0.5) is 10.5 Å². The molecule has 1 heterocycles. The van der Waals surface area contributed by atoms with Crippen molar-refractivity contribution in [1.82, 2.24) is 10.2 Å². The lowest BCUT2D eigenvalue weighted by atomic mass is 9.73. The number of hydrogen-bond donors (Lipinski definition) is 2. The van der Waals surface area contributed by atoms with Crippen LogP contribution in [0.3, 0.4) is 0 Å². The van der Waals surface area contributed by atoms with Crippen LogP contribution in [0.2, 0.25) is 0 Å². The molecule has 2 N–H and O–H groups in total. The first-order chi connectivity index (χ1) is 15.9.